The average Bonchev–Trinajstić information content (AvgIpc) is 2.51. The lowest BCUT2D eigenvalue weighted by atomic mass is 10.3. The maximum absolute atomic E-state index is 11.3. The first-order valence-electron chi connectivity index (χ1n) is 4.23. The normalized spacial score (nSPS) is 12.1. The minimum Gasteiger partial charge on any atom is -0.355 e. The Hall–Kier alpha value is -0.950. The van der Waals surface area contributed by atoms with Crippen molar-refractivity contribution in [3.05, 3.63) is 3.95 Å². The molecule has 0 aliphatic carbocycles. The van der Waals surface area contributed by atoms with Gasteiger partial charge in [-0.1, -0.05) is 11.3 Å². The number of aromatic nitrogens is 2. The van der Waals surface area contributed by atoms with Crippen LogP contribution in [-0.4, -0.2) is 28.7 Å². The molecule has 0 saturated heterocycles. The molecule has 1 atom stereocenters. The summed E-state index contributed by atoms with van der Waals surface area (Å²) >= 11 is 6.17. The Kier molecular flexibility index (Phi) is 4.02. The number of nitrogens with one attached hydrogen (secondary N) is 3. The Bertz CT molecular complexity index is 359. The fourth-order valence-electron chi connectivity index (χ4n) is 0.870. The monoisotopic (exact) mass is 232 g/mol. The molecule has 14 heavy (non-hydrogen) atoms. The van der Waals surface area contributed by atoms with Gasteiger partial charge in [0.15, 0.2) is 3.95 Å². The van der Waals surface area contributed by atoms with Crippen molar-refractivity contribution >= 4 is 34.6 Å². The van der Waals surface area contributed by atoms with Gasteiger partial charge in [0.05, 0.1) is 0 Å². The van der Waals surface area contributed by atoms with Crippen LogP contribution < -0.4 is 10.6 Å². The Labute approximate surface area is 90.9 Å². The van der Waals surface area contributed by atoms with Crippen LogP contribution in [0.5, 0.6) is 0 Å². The molecule has 0 radical (unpaired) electrons. The summed E-state index contributed by atoms with van der Waals surface area (Å²) in [4.78, 5) is 11.3. The molecule has 1 rings (SSSR count). The minimum absolute atomic E-state index is 0.0476. The first kappa shape index (κ1) is 11.1. The summed E-state index contributed by atoms with van der Waals surface area (Å²) in [7, 11) is 0. The van der Waals surface area contributed by atoms with Crippen molar-refractivity contribution < 1.29 is 4.79 Å². The van der Waals surface area contributed by atoms with E-state index in [1.54, 1.807) is 6.92 Å². The Morgan fingerprint density at radius 1 is 1.79 bits per heavy atom. The molecular weight excluding hydrogens is 220 g/mol. The van der Waals surface area contributed by atoms with Crippen molar-refractivity contribution in [1.82, 2.24) is 15.5 Å². The van der Waals surface area contributed by atoms with E-state index < -0.39 is 0 Å². The van der Waals surface area contributed by atoms with Crippen molar-refractivity contribution in [3.63, 3.8) is 0 Å². The summed E-state index contributed by atoms with van der Waals surface area (Å²) < 4.78 is 0.593. The van der Waals surface area contributed by atoms with Crippen LogP contribution in [0.1, 0.15) is 13.8 Å². The van der Waals surface area contributed by atoms with Crippen LogP contribution in [0.25, 0.3) is 0 Å². The van der Waals surface area contributed by atoms with Gasteiger partial charge in [-0.3, -0.25) is 9.89 Å². The molecule has 0 fully saturated rings. The van der Waals surface area contributed by atoms with Crippen LogP contribution in [0.4, 0.5) is 5.13 Å². The second-order valence-electron chi connectivity index (χ2n) is 2.68. The number of anilines is 1. The highest BCUT2D eigenvalue weighted by Gasteiger charge is 2.12. The first-order valence-corrected chi connectivity index (χ1v) is 5.45. The number of likely N-dealkylation sites (N-methyl/N-ethyl adjacent to an activating group) is 1. The van der Waals surface area contributed by atoms with E-state index >= 15 is 0 Å². The molecule has 1 unspecified atom stereocenters. The zero-order valence-electron chi connectivity index (χ0n) is 7.96. The summed E-state index contributed by atoms with van der Waals surface area (Å²) in [6.45, 7) is 4.28. The van der Waals surface area contributed by atoms with E-state index in [-0.39, 0.29) is 11.9 Å². The lowest BCUT2D eigenvalue weighted by molar-refractivity contribution is -0.121. The van der Waals surface area contributed by atoms with Gasteiger partial charge in [0, 0.05) is 6.54 Å². The molecule has 0 aliphatic heterocycles. The molecule has 1 amide bonds. The highest BCUT2D eigenvalue weighted by Crippen LogP contribution is 2.11. The van der Waals surface area contributed by atoms with Crippen LogP contribution in [-0.2, 0) is 4.79 Å². The van der Waals surface area contributed by atoms with Crippen LogP contribution in [0, 0.1) is 3.95 Å². The second kappa shape index (κ2) is 5.06. The molecule has 1 aromatic rings. The largest absolute Gasteiger partial charge is 0.355 e. The molecule has 1 aromatic heterocycles. The molecular formula is C7H12N4OS2. The molecule has 0 aromatic carbocycles. The van der Waals surface area contributed by atoms with Gasteiger partial charge in [-0.05, 0) is 26.1 Å². The molecule has 5 nitrogen and oxygen atoms in total. The molecule has 0 aliphatic rings. The lowest BCUT2D eigenvalue weighted by Crippen LogP contribution is -2.37. The summed E-state index contributed by atoms with van der Waals surface area (Å²) in [6.07, 6.45) is 0. The number of H-pyrrole nitrogens is 1. The Morgan fingerprint density at radius 3 is 3.00 bits per heavy atom. The van der Waals surface area contributed by atoms with Gasteiger partial charge in [0.2, 0.25) is 11.0 Å². The van der Waals surface area contributed by atoms with E-state index in [9.17, 15) is 4.79 Å². The van der Waals surface area contributed by atoms with Gasteiger partial charge in [-0.25, -0.2) is 0 Å². The summed E-state index contributed by atoms with van der Waals surface area (Å²) in [5, 5.41) is 12.8. The van der Waals surface area contributed by atoms with Crippen LogP contribution in [0.2, 0.25) is 0 Å². The number of nitrogens with zero attached hydrogens (tertiary/aromatic N) is 1. The second-order valence-corrected chi connectivity index (χ2v) is 4.34. The topological polar surface area (TPSA) is 69.8 Å². The molecule has 1 heterocycles. The average molecular weight is 232 g/mol. The van der Waals surface area contributed by atoms with E-state index in [0.717, 1.165) is 0 Å². The summed E-state index contributed by atoms with van der Waals surface area (Å²) in [5.41, 5.74) is 0. The Balaban J connectivity index is 2.52. The predicted molar refractivity (Wildman–Crippen MR) is 59.1 cm³/mol. The quantitative estimate of drug-likeness (QED) is 0.681. The van der Waals surface area contributed by atoms with Gasteiger partial charge >= 0.3 is 0 Å². The third-order valence-corrected chi connectivity index (χ3v) is 2.54. The third-order valence-electron chi connectivity index (χ3n) is 1.52. The van der Waals surface area contributed by atoms with Gasteiger partial charge in [-0.15, -0.1) is 5.10 Å². The van der Waals surface area contributed by atoms with Gasteiger partial charge < -0.3 is 10.6 Å². The third kappa shape index (κ3) is 3.08. The highest BCUT2D eigenvalue weighted by molar-refractivity contribution is 7.73. The molecule has 0 bridgehead atoms. The molecule has 78 valence electrons. The predicted octanol–water partition coefficient (Wildman–Crippen LogP) is 1.14. The maximum Gasteiger partial charge on any atom is 0.242 e. The number of aromatic amines is 1. The van der Waals surface area contributed by atoms with Crippen LogP contribution >= 0.6 is 23.6 Å². The maximum atomic E-state index is 11.3. The fraction of sp³-hybridized carbons (Fsp3) is 0.571. The summed E-state index contributed by atoms with van der Waals surface area (Å²) in [6, 6.07) is -0.302. The number of rotatable bonds is 4. The van der Waals surface area contributed by atoms with Crippen LogP contribution in [0.15, 0.2) is 0 Å². The van der Waals surface area contributed by atoms with Gasteiger partial charge in [0.1, 0.15) is 6.04 Å². The lowest BCUT2D eigenvalue weighted by Gasteiger charge is -2.11. The highest BCUT2D eigenvalue weighted by atomic mass is 32.1. The summed E-state index contributed by atoms with van der Waals surface area (Å²) in [5.74, 6) is -0.0476. The fourth-order valence-corrected chi connectivity index (χ4v) is 1.75. The zero-order valence-corrected chi connectivity index (χ0v) is 9.59. The van der Waals surface area contributed by atoms with Gasteiger partial charge in [-0.2, -0.15) is 0 Å². The number of amides is 1. The van der Waals surface area contributed by atoms with Crippen molar-refractivity contribution in [2.45, 2.75) is 19.9 Å². The molecule has 0 saturated carbocycles. The van der Waals surface area contributed by atoms with Crippen molar-refractivity contribution in [2.24, 2.45) is 0 Å². The van der Waals surface area contributed by atoms with E-state index in [4.69, 9.17) is 12.2 Å². The van der Waals surface area contributed by atoms with E-state index in [1.807, 2.05) is 6.92 Å². The SMILES string of the molecule is CCNC(=O)C(C)Nc1n[nH]c(=S)s1. The Morgan fingerprint density at radius 2 is 2.50 bits per heavy atom. The van der Waals surface area contributed by atoms with Crippen LogP contribution in [0.3, 0.4) is 0 Å². The number of carbonyl (C=O) groups is 1. The zero-order chi connectivity index (χ0) is 10.6. The number of carbonyl (C=O) groups excluding carboxylic acids is 1. The standard InChI is InChI=1S/C7H12N4OS2/c1-3-8-5(12)4(2)9-6-10-11-7(13)14-6/h4H,3H2,1-2H3,(H,8,12)(H,9,10)(H,11,13). The van der Waals surface area contributed by atoms with E-state index in [1.165, 1.54) is 11.3 Å². The van der Waals surface area contributed by atoms with E-state index in [0.29, 0.717) is 15.6 Å². The smallest absolute Gasteiger partial charge is 0.242 e. The number of hydrogen-bond acceptors (Lipinski definition) is 5. The van der Waals surface area contributed by atoms with Crippen molar-refractivity contribution in [2.75, 3.05) is 11.9 Å². The van der Waals surface area contributed by atoms with Crippen molar-refractivity contribution in [1.29, 1.82) is 0 Å². The van der Waals surface area contributed by atoms with Crippen molar-refractivity contribution in [3.8, 4) is 0 Å². The first-order chi connectivity index (χ1) is 6.63. The van der Waals surface area contributed by atoms with Gasteiger partial charge in [0.25, 0.3) is 0 Å². The molecule has 0 spiro atoms. The number of hydrogen-bond donors (Lipinski definition) is 3. The molecule has 7 heteroatoms. The van der Waals surface area contributed by atoms with E-state index in [2.05, 4.69) is 20.8 Å². The minimum atomic E-state index is -0.302. The molecule has 3 N–H and O–H groups in total.